The predicted octanol–water partition coefficient (Wildman–Crippen LogP) is 9.32. The largest absolute Gasteiger partial charge is 0.464 e. The molecule has 459 valence electrons. The number of esters is 1. The molecule has 1 saturated heterocycles. The Morgan fingerprint density at radius 1 is 0.659 bits per heavy atom. The van der Waals surface area contributed by atoms with Gasteiger partial charge in [-0.3, -0.25) is 38.3 Å². The first-order valence-corrected chi connectivity index (χ1v) is 29.2. The second-order valence-electron chi connectivity index (χ2n) is 20.9. The smallest absolute Gasteiger partial charge is 0.356 e. The normalized spacial score (nSPS) is 13.6. The number of pyridine rings is 2. The van der Waals surface area contributed by atoms with Gasteiger partial charge < -0.3 is 35.7 Å². The number of amides is 1. The summed E-state index contributed by atoms with van der Waals surface area (Å²) in [6.07, 6.45) is 13.6. The second-order valence-corrected chi connectivity index (χ2v) is 20.9. The standard InChI is InChI=1S/C35H35N9O4.C29H26N10O3.V/c1-3-24(41-31-30-33(39-20-38-31)43(21-40-30)28-14-7-8-17-48-28)32-42-26-13-9-12-25(29(26)34(45)44(32)23-10-5-4-6-11-23)36-18-22-15-16-27(37-19-22)35(46)47-2;1-2-19(36-26-24-25(33-15-32-24)34-16-35-26)27-37-21-10-6-9-20(23(21)29(41)39(27)18-7-4-3-5-8-18)30-13-17-11-12-22(31-14-17)28(40)38-42;/h4-6,9-13,15-16,19-21,24,28,36H,3,7-8,14,17-18H2,1-2H3,(H,38,39,41);3-12,14-16,19,30,42H,2,13H2,1H3,(H,38,40)(H2,32,33,34,35,36);/t24-,28?;19-;/m00./s1. The number of imidazole rings is 2. The maximum absolute atomic E-state index is 14.5. The molecule has 91 heavy (non-hydrogen) atoms. The Morgan fingerprint density at radius 2 is 1.23 bits per heavy atom. The van der Waals surface area contributed by atoms with Crippen LogP contribution in [0.3, 0.4) is 0 Å². The summed E-state index contributed by atoms with van der Waals surface area (Å²) in [5, 5.41) is 23.4. The molecule has 0 bridgehead atoms. The zero-order chi connectivity index (χ0) is 62.1. The number of aromatic nitrogens is 14. The van der Waals surface area contributed by atoms with Crippen molar-refractivity contribution in [1.29, 1.82) is 0 Å². The number of para-hydroxylation sites is 2. The second kappa shape index (κ2) is 28.1. The Kier molecular flexibility index (Phi) is 19.1. The van der Waals surface area contributed by atoms with Gasteiger partial charge in [0, 0.05) is 62.0 Å². The summed E-state index contributed by atoms with van der Waals surface area (Å²) in [6, 6.07) is 35.8. The minimum atomic E-state index is -0.694. The molecule has 1 amide bonds. The van der Waals surface area contributed by atoms with Gasteiger partial charge >= 0.3 is 5.97 Å². The van der Waals surface area contributed by atoms with E-state index in [1.54, 1.807) is 51.7 Å². The van der Waals surface area contributed by atoms with Crippen LogP contribution in [0.25, 0.3) is 55.5 Å². The number of hydrogen-bond donors (Lipinski definition) is 7. The van der Waals surface area contributed by atoms with Crippen molar-refractivity contribution in [2.75, 3.05) is 35.0 Å². The van der Waals surface area contributed by atoms with Gasteiger partial charge in [-0.05, 0) is 104 Å². The Labute approximate surface area is 530 Å². The number of carbonyl (C=O) groups excluding carboxylic acids is 2. The fraction of sp³-hybridized carbons (Fsp3) is 0.219. The number of anilines is 4. The van der Waals surface area contributed by atoms with E-state index in [2.05, 4.69) is 66.1 Å². The minimum Gasteiger partial charge on any atom is -0.464 e. The van der Waals surface area contributed by atoms with E-state index < -0.39 is 17.9 Å². The molecule has 3 atom stereocenters. The van der Waals surface area contributed by atoms with Gasteiger partial charge in [-0.2, -0.15) is 0 Å². The number of hydroxylamine groups is 1. The van der Waals surface area contributed by atoms with Crippen LogP contribution in [0.1, 0.15) is 108 Å². The van der Waals surface area contributed by atoms with Gasteiger partial charge in [-0.15, -0.1) is 0 Å². The molecule has 0 spiro atoms. The van der Waals surface area contributed by atoms with Gasteiger partial charge in [-0.25, -0.2) is 55.1 Å². The van der Waals surface area contributed by atoms with Gasteiger partial charge in [0.15, 0.2) is 28.4 Å². The van der Waals surface area contributed by atoms with Gasteiger partial charge in [0.2, 0.25) is 0 Å². The predicted molar refractivity (Wildman–Crippen MR) is 338 cm³/mol. The fourth-order valence-corrected chi connectivity index (χ4v) is 10.8. The quantitative estimate of drug-likeness (QED) is 0.0225. The molecule has 13 rings (SSSR count). The Balaban J connectivity index is 0.000000186. The third-order valence-electron chi connectivity index (χ3n) is 15.3. The van der Waals surface area contributed by atoms with E-state index in [9.17, 15) is 19.2 Å². The molecule has 9 heterocycles. The third-order valence-corrected chi connectivity index (χ3v) is 15.3. The summed E-state index contributed by atoms with van der Waals surface area (Å²) in [6.45, 7) is 5.47. The molecule has 27 heteroatoms. The van der Waals surface area contributed by atoms with Crippen LogP contribution in [0.5, 0.6) is 0 Å². The molecule has 1 unspecified atom stereocenters. The summed E-state index contributed by atoms with van der Waals surface area (Å²) in [7, 11) is 1.32. The number of nitrogens with one attached hydrogen (secondary N) is 6. The minimum absolute atomic E-state index is 0. The van der Waals surface area contributed by atoms with Crippen LogP contribution >= 0.6 is 0 Å². The number of aromatic amines is 1. The Morgan fingerprint density at radius 3 is 1.77 bits per heavy atom. The van der Waals surface area contributed by atoms with Crippen molar-refractivity contribution >= 4 is 79.0 Å². The monoisotopic (exact) mass is 1260 g/mol. The van der Waals surface area contributed by atoms with Crippen molar-refractivity contribution in [2.45, 2.75) is 77.4 Å². The average Bonchev–Trinajstić information content (AvgIpc) is 1.41. The van der Waals surface area contributed by atoms with Gasteiger partial charge in [0.25, 0.3) is 17.0 Å². The zero-order valence-corrected chi connectivity index (χ0v) is 51.0. The zero-order valence-electron chi connectivity index (χ0n) is 49.6. The van der Waals surface area contributed by atoms with E-state index in [0.29, 0.717) is 123 Å². The number of benzene rings is 4. The van der Waals surface area contributed by atoms with Crippen LogP contribution < -0.4 is 37.9 Å². The van der Waals surface area contributed by atoms with E-state index in [1.165, 1.54) is 32.0 Å². The summed E-state index contributed by atoms with van der Waals surface area (Å²) >= 11 is 0. The molecule has 7 N–H and O–H groups in total. The van der Waals surface area contributed by atoms with Crippen molar-refractivity contribution in [3.63, 3.8) is 0 Å². The summed E-state index contributed by atoms with van der Waals surface area (Å²) < 4.78 is 16.0. The van der Waals surface area contributed by atoms with Crippen LogP contribution in [0, 0.1) is 0 Å². The van der Waals surface area contributed by atoms with Crippen LogP contribution in [-0.4, -0.2) is 99.3 Å². The number of hydrogen-bond acceptors (Lipinski definition) is 21. The summed E-state index contributed by atoms with van der Waals surface area (Å²) in [5.74, 6) is 0.997. The van der Waals surface area contributed by atoms with Gasteiger partial charge in [0.05, 0.1) is 65.0 Å². The number of carbonyl (C=O) groups is 2. The SMILES string of the molecule is CC[C@H](Nc1ncnc2c1ncn2C1CCCCO1)c1nc2cccc(NCc3ccc(C(=O)OC)nc3)c2c(=O)n1-c1ccccc1.CC[C@H](Nc1ncnc2nc[nH]c12)c1nc2cccc(NCc3ccc(C(=O)NO)nc3)c2c(=O)n1-c1ccccc1.[V]. The topological polar surface area (TPSA) is 327 Å². The molecular formula is C64H61N19O7V. The van der Waals surface area contributed by atoms with Gasteiger partial charge in [0.1, 0.15) is 47.4 Å². The van der Waals surface area contributed by atoms with E-state index in [4.69, 9.17) is 24.6 Å². The summed E-state index contributed by atoms with van der Waals surface area (Å²) in [5.41, 5.74) is 9.25. The molecule has 1 aliphatic rings. The maximum atomic E-state index is 14.5. The van der Waals surface area contributed by atoms with Crippen molar-refractivity contribution in [3.05, 3.63) is 214 Å². The fourth-order valence-electron chi connectivity index (χ4n) is 10.8. The van der Waals surface area contributed by atoms with E-state index >= 15 is 0 Å². The van der Waals surface area contributed by atoms with E-state index in [0.717, 1.165) is 30.4 Å². The molecule has 12 aromatic rings. The molecule has 8 aromatic heterocycles. The first kappa shape index (κ1) is 61.8. The number of methoxy groups -OCH3 is 1. The van der Waals surface area contributed by atoms with Crippen molar-refractivity contribution in [3.8, 4) is 11.4 Å². The first-order chi connectivity index (χ1) is 44.1. The summed E-state index contributed by atoms with van der Waals surface area (Å²) in [4.78, 5) is 100. The van der Waals surface area contributed by atoms with E-state index in [1.807, 2.05) is 115 Å². The Hall–Kier alpha value is -10.8. The van der Waals surface area contributed by atoms with Crippen molar-refractivity contribution < 1.29 is 42.8 Å². The molecular weight excluding hydrogens is 1200 g/mol. The van der Waals surface area contributed by atoms with E-state index in [-0.39, 0.29) is 53.3 Å². The molecule has 1 aliphatic heterocycles. The number of fused-ring (bicyclic) bond motifs is 4. The van der Waals surface area contributed by atoms with Crippen molar-refractivity contribution in [1.82, 2.24) is 74.0 Å². The van der Waals surface area contributed by atoms with Gasteiger partial charge in [-0.1, -0.05) is 74.5 Å². The van der Waals surface area contributed by atoms with Crippen LogP contribution in [0.4, 0.5) is 23.0 Å². The first-order valence-electron chi connectivity index (χ1n) is 29.2. The van der Waals surface area contributed by atoms with Crippen LogP contribution in [0.15, 0.2) is 169 Å². The molecule has 1 fully saturated rings. The molecule has 0 saturated carbocycles. The number of H-pyrrole nitrogens is 1. The molecule has 4 aromatic carbocycles. The maximum Gasteiger partial charge on any atom is 0.356 e. The molecule has 1 radical (unpaired) electrons. The Bertz CT molecular complexity index is 4660. The number of ether oxygens (including phenoxy) is 2. The van der Waals surface area contributed by atoms with Crippen LogP contribution in [0.2, 0.25) is 0 Å². The number of rotatable bonds is 19. The van der Waals surface area contributed by atoms with Crippen LogP contribution in [-0.2, 0) is 41.1 Å². The van der Waals surface area contributed by atoms with Crippen molar-refractivity contribution in [2.24, 2.45) is 0 Å². The molecule has 26 nitrogen and oxygen atoms in total. The average molecular weight is 1260 g/mol. The number of nitrogens with zero attached hydrogens (tertiary/aromatic N) is 13. The molecule has 0 aliphatic carbocycles. The third kappa shape index (κ3) is 13.0.